The molecule has 1 aromatic heterocycles. The maximum Gasteiger partial charge on any atom is 0.263 e. The van der Waals surface area contributed by atoms with Gasteiger partial charge in [-0.2, -0.15) is 0 Å². The zero-order valence-electron chi connectivity index (χ0n) is 13.1. The fraction of sp³-hybridized carbons (Fsp3) is 0.533. The third-order valence-corrected chi connectivity index (χ3v) is 4.22. The number of rotatable bonds is 9. The maximum absolute atomic E-state index is 12.1. The number of hydrogen-bond acceptors (Lipinski definition) is 5. The Morgan fingerprint density at radius 1 is 1.43 bits per heavy atom. The van der Waals surface area contributed by atoms with Crippen molar-refractivity contribution in [2.24, 2.45) is 0 Å². The normalized spacial score (nSPS) is 10.2. The van der Waals surface area contributed by atoms with Crippen molar-refractivity contribution in [1.82, 2.24) is 5.32 Å². The molecule has 0 fully saturated rings. The maximum atomic E-state index is 12.1. The van der Waals surface area contributed by atoms with Crippen molar-refractivity contribution in [1.29, 1.82) is 0 Å². The van der Waals surface area contributed by atoms with Gasteiger partial charge < -0.3 is 20.7 Å². The number of nitrogens with zero attached hydrogens (tertiary/aromatic N) is 1. The summed E-state index contributed by atoms with van der Waals surface area (Å²) in [5, 5.41) is 3.69. The van der Waals surface area contributed by atoms with E-state index in [1.54, 1.807) is 13.2 Å². The highest BCUT2D eigenvalue weighted by molar-refractivity contribution is 7.19. The highest BCUT2D eigenvalue weighted by Crippen LogP contribution is 2.44. The van der Waals surface area contributed by atoms with Crippen LogP contribution >= 0.6 is 11.3 Å². The monoisotopic (exact) mass is 311 g/mol. The van der Waals surface area contributed by atoms with Gasteiger partial charge in [0.15, 0.2) is 5.75 Å². The largest absolute Gasteiger partial charge is 0.492 e. The Bertz CT molecular complexity index is 480. The van der Waals surface area contributed by atoms with Gasteiger partial charge in [0.05, 0.1) is 7.11 Å². The Morgan fingerprint density at radius 3 is 2.52 bits per heavy atom. The molecule has 0 atom stereocenters. The number of nitrogens with one attached hydrogen (secondary N) is 1. The molecule has 0 radical (unpaired) electrons. The second kappa shape index (κ2) is 8.56. The second-order valence-corrected chi connectivity index (χ2v) is 5.67. The number of hydrogen-bond donors (Lipinski definition) is 2. The molecular weight excluding hydrogens is 286 g/mol. The third-order valence-electron chi connectivity index (χ3n) is 2.97. The van der Waals surface area contributed by atoms with Crippen LogP contribution in [-0.4, -0.2) is 32.7 Å². The van der Waals surface area contributed by atoms with Crippen LogP contribution in [0.1, 0.15) is 36.4 Å². The zero-order chi connectivity index (χ0) is 15.8. The zero-order valence-corrected chi connectivity index (χ0v) is 13.9. The molecule has 0 aliphatic rings. The molecule has 0 aliphatic carbocycles. The first-order valence-electron chi connectivity index (χ1n) is 7.20. The molecule has 5 nitrogen and oxygen atoms in total. The Morgan fingerprint density at radius 2 is 2.05 bits per heavy atom. The molecular formula is C15H25N3O2S. The Kier molecular flexibility index (Phi) is 7.08. The van der Waals surface area contributed by atoms with Crippen LogP contribution in [0.15, 0.2) is 12.7 Å². The van der Waals surface area contributed by atoms with Gasteiger partial charge >= 0.3 is 0 Å². The summed E-state index contributed by atoms with van der Waals surface area (Å²) < 4.78 is 5.43. The highest BCUT2D eigenvalue weighted by Gasteiger charge is 2.24. The van der Waals surface area contributed by atoms with Crippen LogP contribution in [0, 0.1) is 0 Å². The minimum atomic E-state index is -0.185. The number of nitrogen functional groups attached to an aromatic ring is 1. The summed E-state index contributed by atoms with van der Waals surface area (Å²) in [5.74, 6) is 0.417. The number of amides is 1. The summed E-state index contributed by atoms with van der Waals surface area (Å²) in [6.45, 7) is 10.1. The summed E-state index contributed by atoms with van der Waals surface area (Å²) in [7, 11) is 1.59. The summed E-state index contributed by atoms with van der Waals surface area (Å²) in [5.41, 5.74) is 6.50. The summed E-state index contributed by atoms with van der Waals surface area (Å²) in [6.07, 6.45) is 3.69. The van der Waals surface area contributed by atoms with Crippen molar-refractivity contribution in [2.75, 3.05) is 37.4 Å². The van der Waals surface area contributed by atoms with Crippen molar-refractivity contribution in [2.45, 2.75) is 26.7 Å². The van der Waals surface area contributed by atoms with E-state index in [0.717, 1.165) is 30.9 Å². The van der Waals surface area contributed by atoms with Crippen molar-refractivity contribution in [3.05, 3.63) is 17.5 Å². The fourth-order valence-electron chi connectivity index (χ4n) is 2.09. The summed E-state index contributed by atoms with van der Waals surface area (Å²) >= 11 is 1.39. The number of carbonyl (C=O) groups excluding carboxylic acids is 1. The number of methoxy groups -OCH3 is 1. The second-order valence-electron chi connectivity index (χ2n) is 4.67. The van der Waals surface area contributed by atoms with Gasteiger partial charge in [-0.1, -0.05) is 19.9 Å². The molecule has 1 heterocycles. The van der Waals surface area contributed by atoms with Crippen LogP contribution < -0.4 is 20.7 Å². The highest BCUT2D eigenvalue weighted by atomic mass is 32.1. The number of carbonyl (C=O) groups is 1. The SMILES string of the molecule is C=CCNC(=O)c1sc(N(CCC)CCC)c(OC)c1N. The predicted octanol–water partition coefficient (Wildman–Crippen LogP) is 2.88. The molecule has 118 valence electrons. The van der Waals surface area contributed by atoms with Crippen LogP contribution in [0.2, 0.25) is 0 Å². The quantitative estimate of drug-likeness (QED) is 0.688. The van der Waals surface area contributed by atoms with Crippen molar-refractivity contribution in [3.63, 3.8) is 0 Å². The van der Waals surface area contributed by atoms with E-state index in [1.807, 2.05) is 0 Å². The lowest BCUT2D eigenvalue weighted by molar-refractivity contribution is 0.0962. The average Bonchev–Trinajstić information content (AvgIpc) is 2.81. The number of nitrogens with two attached hydrogens (primary N) is 1. The van der Waals surface area contributed by atoms with E-state index in [9.17, 15) is 4.79 Å². The standard InChI is InChI=1S/C15H25N3O2S/c1-5-8-17-14(19)13-11(16)12(20-4)15(21-13)18(9-6-2)10-7-3/h5H,1,6-10,16H2,2-4H3,(H,17,19). The van der Waals surface area contributed by atoms with Crippen molar-refractivity contribution < 1.29 is 9.53 Å². The Hall–Kier alpha value is -1.69. The number of anilines is 2. The Labute approximate surface area is 130 Å². The lowest BCUT2D eigenvalue weighted by atomic mass is 10.3. The van der Waals surface area contributed by atoms with Gasteiger partial charge in [0, 0.05) is 19.6 Å². The van der Waals surface area contributed by atoms with E-state index >= 15 is 0 Å². The van der Waals surface area contributed by atoms with E-state index in [-0.39, 0.29) is 5.91 Å². The average molecular weight is 311 g/mol. The molecule has 1 rings (SSSR count). The molecule has 0 aromatic carbocycles. The van der Waals surface area contributed by atoms with Crippen LogP contribution in [0.4, 0.5) is 10.7 Å². The van der Waals surface area contributed by atoms with Crippen LogP contribution in [-0.2, 0) is 0 Å². The molecule has 0 saturated carbocycles. The molecule has 0 bridgehead atoms. The van der Waals surface area contributed by atoms with Crippen molar-refractivity contribution >= 4 is 27.9 Å². The van der Waals surface area contributed by atoms with Gasteiger partial charge in [0.25, 0.3) is 5.91 Å². The number of ether oxygens (including phenoxy) is 1. The first kappa shape index (κ1) is 17.4. The van der Waals surface area contributed by atoms with Crippen LogP contribution in [0.5, 0.6) is 5.75 Å². The molecule has 3 N–H and O–H groups in total. The number of thiophene rings is 1. The smallest absolute Gasteiger partial charge is 0.263 e. The topological polar surface area (TPSA) is 67.6 Å². The summed E-state index contributed by atoms with van der Waals surface area (Å²) in [4.78, 5) is 14.9. The first-order valence-corrected chi connectivity index (χ1v) is 8.02. The Balaban J connectivity index is 3.14. The van der Waals surface area contributed by atoms with Gasteiger partial charge in [-0.05, 0) is 12.8 Å². The van der Waals surface area contributed by atoms with E-state index in [4.69, 9.17) is 10.5 Å². The van der Waals surface area contributed by atoms with Gasteiger partial charge in [-0.15, -0.1) is 17.9 Å². The van der Waals surface area contributed by atoms with E-state index in [1.165, 1.54) is 11.3 Å². The predicted molar refractivity (Wildman–Crippen MR) is 90.6 cm³/mol. The van der Waals surface area contributed by atoms with E-state index < -0.39 is 0 Å². The molecule has 1 aromatic rings. The lowest BCUT2D eigenvalue weighted by Gasteiger charge is -2.22. The molecule has 0 unspecified atom stereocenters. The molecule has 6 heteroatoms. The van der Waals surface area contributed by atoms with Crippen LogP contribution in [0.3, 0.4) is 0 Å². The molecule has 21 heavy (non-hydrogen) atoms. The van der Waals surface area contributed by atoms with Crippen molar-refractivity contribution in [3.8, 4) is 5.75 Å². The van der Waals surface area contributed by atoms with Gasteiger partial charge in [0.1, 0.15) is 15.6 Å². The van der Waals surface area contributed by atoms with E-state index in [0.29, 0.717) is 22.9 Å². The minimum absolute atomic E-state index is 0.185. The minimum Gasteiger partial charge on any atom is -0.492 e. The summed E-state index contributed by atoms with van der Waals surface area (Å²) in [6, 6.07) is 0. The van der Waals surface area contributed by atoms with Gasteiger partial charge in [-0.25, -0.2) is 0 Å². The van der Waals surface area contributed by atoms with Gasteiger partial charge in [-0.3, -0.25) is 4.79 Å². The fourth-order valence-corrected chi connectivity index (χ4v) is 3.25. The van der Waals surface area contributed by atoms with Gasteiger partial charge in [0.2, 0.25) is 0 Å². The first-order chi connectivity index (χ1) is 10.1. The lowest BCUT2D eigenvalue weighted by Crippen LogP contribution is -2.24. The van der Waals surface area contributed by atoms with Crippen LogP contribution in [0.25, 0.3) is 0 Å². The van der Waals surface area contributed by atoms with E-state index in [2.05, 4.69) is 30.6 Å². The molecule has 0 saturated heterocycles. The molecule has 0 aliphatic heterocycles. The molecule has 0 spiro atoms. The third kappa shape index (κ3) is 4.14. The molecule has 1 amide bonds.